The van der Waals surface area contributed by atoms with Crippen LogP contribution < -0.4 is 4.74 Å². The van der Waals surface area contributed by atoms with Crippen molar-refractivity contribution < 1.29 is 4.74 Å². The van der Waals surface area contributed by atoms with Crippen LogP contribution in [0.3, 0.4) is 0 Å². The SMILES string of the molecule is C1=CC2=C(CC1)C1(c3ccccc3O2)c2ccccc2-c2cccc(-c3nc(-c4ccc(-n5c6ccccc6c6ccccc65)cc4)nc4ccccc34)c21. The van der Waals surface area contributed by atoms with E-state index >= 15 is 0 Å². The van der Waals surface area contributed by atoms with Gasteiger partial charge in [0.15, 0.2) is 5.82 Å². The van der Waals surface area contributed by atoms with E-state index in [0.29, 0.717) is 5.82 Å². The summed E-state index contributed by atoms with van der Waals surface area (Å²) in [5.41, 5.74) is 14.5. The van der Waals surface area contributed by atoms with E-state index in [1.54, 1.807) is 0 Å². The van der Waals surface area contributed by atoms with Crippen molar-refractivity contribution in [3.05, 3.63) is 204 Å². The number of ether oxygens (including phenoxy) is 1. The number of rotatable bonds is 3. The minimum atomic E-state index is -0.534. The van der Waals surface area contributed by atoms with Gasteiger partial charge >= 0.3 is 0 Å². The molecule has 1 unspecified atom stereocenters. The maximum absolute atomic E-state index is 6.69. The van der Waals surface area contributed by atoms with Crippen LogP contribution in [0.5, 0.6) is 5.75 Å². The molecule has 0 radical (unpaired) electrons. The highest BCUT2D eigenvalue weighted by atomic mass is 16.5. The van der Waals surface area contributed by atoms with Crippen molar-refractivity contribution in [2.45, 2.75) is 18.3 Å². The lowest BCUT2D eigenvalue weighted by Gasteiger charge is -2.42. The first-order valence-corrected chi connectivity index (χ1v) is 19.1. The van der Waals surface area contributed by atoms with Crippen LogP contribution in [0.15, 0.2) is 187 Å². The summed E-state index contributed by atoms with van der Waals surface area (Å²) in [6.45, 7) is 0. The highest BCUT2D eigenvalue weighted by molar-refractivity contribution is 6.09. The van der Waals surface area contributed by atoms with E-state index in [4.69, 9.17) is 14.7 Å². The number of hydrogen-bond donors (Lipinski definition) is 0. The van der Waals surface area contributed by atoms with Crippen LogP contribution in [0, 0.1) is 0 Å². The van der Waals surface area contributed by atoms with Crippen LogP contribution in [-0.4, -0.2) is 14.5 Å². The quantitative estimate of drug-likeness (QED) is 0.184. The van der Waals surface area contributed by atoms with Gasteiger partial charge in [-0.1, -0.05) is 121 Å². The molecule has 0 bridgehead atoms. The van der Waals surface area contributed by atoms with Crippen LogP contribution in [0.4, 0.5) is 0 Å². The Morgan fingerprint density at radius 1 is 0.545 bits per heavy atom. The van der Waals surface area contributed by atoms with Crippen LogP contribution in [-0.2, 0) is 5.41 Å². The van der Waals surface area contributed by atoms with Crippen molar-refractivity contribution in [1.29, 1.82) is 0 Å². The molecule has 0 fully saturated rings. The van der Waals surface area contributed by atoms with Crippen molar-refractivity contribution in [2.75, 3.05) is 0 Å². The molecule has 4 nitrogen and oxygen atoms in total. The number of hydrogen-bond acceptors (Lipinski definition) is 3. The van der Waals surface area contributed by atoms with Crippen LogP contribution in [0.1, 0.15) is 29.5 Å². The fourth-order valence-electron chi connectivity index (χ4n) is 9.78. The normalized spacial score (nSPS) is 16.7. The minimum Gasteiger partial charge on any atom is -0.457 e. The van der Waals surface area contributed by atoms with Crippen molar-refractivity contribution >= 4 is 32.7 Å². The Balaban J connectivity index is 1.09. The lowest BCUT2D eigenvalue weighted by atomic mass is 9.62. The van der Waals surface area contributed by atoms with Gasteiger partial charge in [0.25, 0.3) is 0 Å². The van der Waals surface area contributed by atoms with Gasteiger partial charge in [0.1, 0.15) is 11.5 Å². The van der Waals surface area contributed by atoms with Crippen molar-refractivity contribution in [3.63, 3.8) is 0 Å². The van der Waals surface area contributed by atoms with Crippen LogP contribution in [0.25, 0.3) is 72.2 Å². The Morgan fingerprint density at radius 2 is 1.20 bits per heavy atom. The Labute approximate surface area is 318 Å². The third kappa shape index (κ3) is 4.17. The molecule has 12 rings (SSSR count). The lowest BCUT2D eigenvalue weighted by molar-refractivity contribution is 0.389. The first-order chi connectivity index (χ1) is 27.3. The van der Waals surface area contributed by atoms with E-state index in [1.165, 1.54) is 55.2 Å². The average molecular weight is 704 g/mol. The second-order valence-electron chi connectivity index (χ2n) is 14.7. The zero-order valence-electron chi connectivity index (χ0n) is 29.9. The first kappa shape index (κ1) is 30.4. The second-order valence-corrected chi connectivity index (χ2v) is 14.7. The monoisotopic (exact) mass is 703 g/mol. The van der Waals surface area contributed by atoms with Gasteiger partial charge in [0.05, 0.1) is 27.7 Å². The van der Waals surface area contributed by atoms with Crippen LogP contribution >= 0.6 is 0 Å². The maximum atomic E-state index is 6.69. The summed E-state index contributed by atoms with van der Waals surface area (Å²) in [6, 6.07) is 58.8. The highest BCUT2D eigenvalue weighted by Crippen LogP contribution is 2.63. The number of allylic oxidation sites excluding steroid dienone is 3. The predicted molar refractivity (Wildman–Crippen MR) is 223 cm³/mol. The van der Waals surface area contributed by atoms with Gasteiger partial charge in [-0.3, -0.25) is 0 Å². The zero-order chi connectivity index (χ0) is 36.1. The molecule has 0 amide bonds. The molecular formula is C51H33N3O. The van der Waals surface area contributed by atoms with Gasteiger partial charge in [-0.25, -0.2) is 9.97 Å². The minimum absolute atomic E-state index is 0.534. The summed E-state index contributed by atoms with van der Waals surface area (Å²) in [5.74, 6) is 2.57. The molecule has 2 aliphatic carbocycles. The van der Waals surface area contributed by atoms with Gasteiger partial charge in [-0.15, -0.1) is 0 Å². The molecule has 7 aromatic carbocycles. The molecule has 3 heterocycles. The molecule has 55 heavy (non-hydrogen) atoms. The molecule has 1 atom stereocenters. The molecule has 258 valence electrons. The van der Waals surface area contributed by atoms with Gasteiger partial charge < -0.3 is 9.30 Å². The van der Waals surface area contributed by atoms with Gasteiger partial charge in [-0.05, 0) is 95.3 Å². The Morgan fingerprint density at radius 3 is 2.02 bits per heavy atom. The number of aromatic nitrogens is 3. The van der Waals surface area contributed by atoms with Gasteiger partial charge in [-0.2, -0.15) is 0 Å². The van der Waals surface area contributed by atoms with E-state index in [2.05, 4.69) is 181 Å². The van der Waals surface area contributed by atoms with Crippen molar-refractivity contribution in [3.8, 4) is 45.2 Å². The summed E-state index contributed by atoms with van der Waals surface area (Å²) < 4.78 is 9.04. The number of nitrogens with zero attached hydrogens (tertiary/aromatic N) is 3. The molecule has 9 aromatic rings. The average Bonchev–Trinajstić information content (AvgIpc) is 3.75. The molecular weight excluding hydrogens is 671 g/mol. The van der Waals surface area contributed by atoms with Crippen molar-refractivity contribution in [1.82, 2.24) is 14.5 Å². The summed E-state index contributed by atoms with van der Waals surface area (Å²) in [4.78, 5) is 10.7. The fraction of sp³-hybridized carbons (Fsp3) is 0.0588. The van der Waals surface area contributed by atoms with E-state index in [0.717, 1.165) is 57.8 Å². The largest absolute Gasteiger partial charge is 0.457 e. The molecule has 2 aromatic heterocycles. The molecule has 3 aliphatic rings. The molecule has 0 saturated heterocycles. The molecule has 1 spiro atoms. The third-order valence-electron chi connectivity index (χ3n) is 12.0. The predicted octanol–water partition coefficient (Wildman–Crippen LogP) is 12.4. The summed E-state index contributed by atoms with van der Waals surface area (Å²) in [5, 5.41) is 3.53. The molecule has 0 saturated carbocycles. The van der Waals surface area contributed by atoms with E-state index < -0.39 is 5.41 Å². The Bertz CT molecular complexity index is 3080. The molecule has 4 heteroatoms. The van der Waals surface area contributed by atoms with Crippen LogP contribution in [0.2, 0.25) is 0 Å². The third-order valence-corrected chi connectivity index (χ3v) is 12.0. The van der Waals surface area contributed by atoms with Gasteiger partial charge in [0, 0.05) is 38.5 Å². The van der Waals surface area contributed by atoms with E-state index in [1.807, 2.05) is 0 Å². The highest BCUT2D eigenvalue weighted by Gasteiger charge is 2.53. The van der Waals surface area contributed by atoms with Crippen molar-refractivity contribution in [2.24, 2.45) is 0 Å². The van der Waals surface area contributed by atoms with E-state index in [9.17, 15) is 0 Å². The topological polar surface area (TPSA) is 39.9 Å². The molecule has 0 N–H and O–H groups in total. The second kappa shape index (κ2) is 11.5. The lowest BCUT2D eigenvalue weighted by Crippen LogP contribution is -2.35. The number of benzene rings is 7. The van der Waals surface area contributed by atoms with E-state index in [-0.39, 0.29) is 0 Å². The fourth-order valence-corrected chi connectivity index (χ4v) is 9.78. The maximum Gasteiger partial charge on any atom is 0.160 e. The number of para-hydroxylation sites is 4. The smallest absolute Gasteiger partial charge is 0.160 e. The standard InChI is InChI=1S/C51H33N3O/c1-5-20-40-34(14-1)37-18-13-19-39(48(37)51(40)41-21-6-11-26-46(41)55-47-27-12-7-22-42(47)51)49-38-17-2-8-23-43(38)52-50(53-49)32-28-30-33(31-29-32)54-44-24-9-3-15-35(44)36-16-4-10-25-45(36)54/h1-6,8-21,23-31H,7,22H2. The Kier molecular flexibility index (Phi) is 6.35. The number of fused-ring (bicyclic) bond motifs is 12. The zero-order valence-corrected chi connectivity index (χ0v) is 29.9. The Hall–Kier alpha value is -7.04. The van der Waals surface area contributed by atoms with Gasteiger partial charge in [0.2, 0.25) is 0 Å². The summed E-state index contributed by atoms with van der Waals surface area (Å²) >= 11 is 0. The summed E-state index contributed by atoms with van der Waals surface area (Å²) in [6.07, 6.45) is 6.30. The first-order valence-electron chi connectivity index (χ1n) is 19.1. The molecule has 1 aliphatic heterocycles. The summed E-state index contributed by atoms with van der Waals surface area (Å²) in [7, 11) is 0.